The summed E-state index contributed by atoms with van der Waals surface area (Å²) in [6.07, 6.45) is 1.99. The van der Waals surface area contributed by atoms with E-state index in [0.717, 1.165) is 37.9 Å². The van der Waals surface area contributed by atoms with Crippen molar-refractivity contribution in [2.75, 3.05) is 0 Å². The van der Waals surface area contributed by atoms with Gasteiger partial charge in [0.25, 0.3) is 0 Å². The Bertz CT molecular complexity index is 3090. The smallest absolute Gasteiger partial charge is 0.235 e. The van der Waals surface area contributed by atoms with E-state index in [4.69, 9.17) is 9.97 Å². The molecule has 4 aromatic heterocycles. The highest BCUT2D eigenvalue weighted by atomic mass is 32.1. The Morgan fingerprint density at radius 3 is 1.73 bits per heavy atom. The molecule has 5 heteroatoms. The number of rotatable bonds is 4. The molecule has 4 nitrogen and oxygen atoms in total. The number of nitrogens with zero attached hydrogens (tertiary/aromatic N) is 4. The molecule has 0 aliphatic rings. The molecular formula is C46H28N4S. The summed E-state index contributed by atoms with van der Waals surface area (Å²) < 4.78 is 6.88. The van der Waals surface area contributed by atoms with Gasteiger partial charge >= 0.3 is 0 Å². The van der Waals surface area contributed by atoms with E-state index in [1.807, 2.05) is 6.20 Å². The minimum atomic E-state index is 0.678. The number of thiophene rings is 1. The van der Waals surface area contributed by atoms with Crippen molar-refractivity contribution in [1.82, 2.24) is 19.1 Å². The average Bonchev–Trinajstić information content (AvgIpc) is 3.85. The first-order chi connectivity index (χ1) is 25.3. The van der Waals surface area contributed by atoms with Crippen LogP contribution < -0.4 is 0 Å². The van der Waals surface area contributed by atoms with E-state index < -0.39 is 0 Å². The van der Waals surface area contributed by atoms with Crippen LogP contribution in [0, 0.1) is 0 Å². The standard InChI is InChI=1S/C46H28N4S/c1-2-11-29(12-3-1)32-21-23-37-36-17-6-9-20-41(36)50(42(37)27-32)46-47-28-44-45(48-46)38-26-31(22-24-43(38)51-44)30-13-10-14-33(25-30)49-39-18-7-4-15-34(39)35-16-5-8-19-40(35)49/h1-28H. The second kappa shape index (κ2) is 11.0. The normalized spacial score (nSPS) is 11.9. The van der Waals surface area contributed by atoms with Crippen LogP contribution in [0.2, 0.25) is 0 Å². The lowest BCUT2D eigenvalue weighted by atomic mass is 10.0. The van der Waals surface area contributed by atoms with E-state index in [-0.39, 0.29) is 0 Å². The van der Waals surface area contributed by atoms with Crippen molar-refractivity contribution in [2.24, 2.45) is 0 Å². The highest BCUT2D eigenvalue weighted by molar-refractivity contribution is 7.25. The summed E-state index contributed by atoms with van der Waals surface area (Å²) in [4.78, 5) is 10.3. The Morgan fingerprint density at radius 2 is 0.980 bits per heavy atom. The average molecular weight is 669 g/mol. The molecular weight excluding hydrogens is 641 g/mol. The molecule has 238 valence electrons. The third-order valence-electron chi connectivity index (χ3n) is 10.2. The van der Waals surface area contributed by atoms with Crippen LogP contribution in [-0.2, 0) is 0 Å². The monoisotopic (exact) mass is 668 g/mol. The third-order valence-corrected chi connectivity index (χ3v) is 11.3. The molecule has 0 spiro atoms. The fourth-order valence-corrected chi connectivity index (χ4v) is 8.86. The lowest BCUT2D eigenvalue weighted by Gasteiger charge is -2.10. The predicted molar refractivity (Wildman–Crippen MR) is 214 cm³/mol. The van der Waals surface area contributed by atoms with Crippen molar-refractivity contribution in [3.8, 4) is 33.9 Å². The van der Waals surface area contributed by atoms with Gasteiger partial charge in [0.05, 0.1) is 38.5 Å². The Morgan fingerprint density at radius 1 is 0.392 bits per heavy atom. The van der Waals surface area contributed by atoms with Crippen molar-refractivity contribution in [3.05, 3.63) is 170 Å². The van der Waals surface area contributed by atoms with Crippen LogP contribution in [0.4, 0.5) is 0 Å². The zero-order valence-electron chi connectivity index (χ0n) is 27.4. The van der Waals surface area contributed by atoms with Gasteiger partial charge in [-0.2, -0.15) is 0 Å². The van der Waals surface area contributed by atoms with E-state index >= 15 is 0 Å². The fourth-order valence-electron chi connectivity index (χ4n) is 7.86. The largest absolute Gasteiger partial charge is 0.309 e. The van der Waals surface area contributed by atoms with Gasteiger partial charge in [0.2, 0.25) is 5.95 Å². The van der Waals surface area contributed by atoms with Gasteiger partial charge in [0.15, 0.2) is 0 Å². The molecule has 0 saturated heterocycles. The Kier molecular flexibility index (Phi) is 6.09. The second-order valence-corrected chi connectivity index (χ2v) is 14.2. The van der Waals surface area contributed by atoms with Crippen molar-refractivity contribution < 1.29 is 0 Å². The van der Waals surface area contributed by atoms with E-state index in [1.54, 1.807) is 11.3 Å². The third kappa shape index (κ3) is 4.32. The van der Waals surface area contributed by atoms with Gasteiger partial charge in [-0.15, -0.1) is 11.3 Å². The Labute approximate surface area is 297 Å². The zero-order valence-corrected chi connectivity index (χ0v) is 28.2. The molecule has 4 heterocycles. The van der Waals surface area contributed by atoms with Gasteiger partial charge in [-0.05, 0) is 70.8 Å². The summed E-state index contributed by atoms with van der Waals surface area (Å²) in [5.74, 6) is 0.678. The van der Waals surface area contributed by atoms with Crippen molar-refractivity contribution in [3.63, 3.8) is 0 Å². The first kappa shape index (κ1) is 28.3. The van der Waals surface area contributed by atoms with E-state index in [2.05, 4.69) is 173 Å². The molecule has 0 aliphatic carbocycles. The summed E-state index contributed by atoms with van der Waals surface area (Å²) in [6, 6.07) is 58.8. The number of aromatic nitrogens is 4. The lowest BCUT2D eigenvalue weighted by molar-refractivity contribution is 1.01. The molecule has 0 bridgehead atoms. The maximum Gasteiger partial charge on any atom is 0.235 e. The maximum absolute atomic E-state index is 5.33. The topological polar surface area (TPSA) is 35.6 Å². The number of fused-ring (bicyclic) bond motifs is 9. The number of para-hydroxylation sites is 3. The Hall–Kier alpha value is -6.56. The molecule has 0 amide bonds. The fraction of sp³-hybridized carbons (Fsp3) is 0. The van der Waals surface area contributed by atoms with Crippen LogP contribution in [0.1, 0.15) is 0 Å². The zero-order chi connectivity index (χ0) is 33.5. The molecule has 51 heavy (non-hydrogen) atoms. The molecule has 11 rings (SSSR count). The predicted octanol–water partition coefficient (Wildman–Crippen LogP) is 12.4. The maximum atomic E-state index is 5.33. The summed E-state index contributed by atoms with van der Waals surface area (Å²) >= 11 is 1.74. The van der Waals surface area contributed by atoms with Crippen molar-refractivity contribution in [1.29, 1.82) is 0 Å². The second-order valence-electron chi connectivity index (χ2n) is 13.1. The SMILES string of the molecule is c1ccc(-c2ccc3c4ccccc4n(-c4ncc5sc6ccc(-c7cccc(-n8c9ccccc9c9ccccc98)c7)cc6c5n4)c3c2)cc1. The summed E-state index contributed by atoms with van der Waals surface area (Å²) in [6.45, 7) is 0. The summed E-state index contributed by atoms with van der Waals surface area (Å²) in [5.41, 5.74) is 11.4. The molecule has 11 aromatic rings. The van der Waals surface area contributed by atoms with E-state index in [0.29, 0.717) is 5.95 Å². The molecule has 0 saturated carbocycles. The van der Waals surface area contributed by atoms with Crippen LogP contribution in [0.25, 0.3) is 97.8 Å². The molecule has 0 unspecified atom stereocenters. The van der Waals surface area contributed by atoms with Crippen molar-refractivity contribution >= 4 is 75.3 Å². The highest BCUT2D eigenvalue weighted by Crippen LogP contribution is 2.39. The van der Waals surface area contributed by atoms with Crippen molar-refractivity contribution in [2.45, 2.75) is 0 Å². The molecule has 0 atom stereocenters. The molecule has 0 fully saturated rings. The molecule has 0 N–H and O–H groups in total. The minimum absolute atomic E-state index is 0.678. The summed E-state index contributed by atoms with van der Waals surface area (Å²) in [5, 5.41) is 6.05. The highest BCUT2D eigenvalue weighted by Gasteiger charge is 2.18. The van der Waals surface area contributed by atoms with Crippen LogP contribution in [0.3, 0.4) is 0 Å². The van der Waals surface area contributed by atoms with E-state index in [1.165, 1.54) is 54.0 Å². The molecule has 0 radical (unpaired) electrons. The molecule has 0 aliphatic heterocycles. The van der Waals surface area contributed by atoms with E-state index in [9.17, 15) is 0 Å². The van der Waals surface area contributed by atoms with Gasteiger partial charge in [-0.1, -0.05) is 115 Å². The van der Waals surface area contributed by atoms with Gasteiger partial charge < -0.3 is 4.57 Å². The lowest BCUT2D eigenvalue weighted by Crippen LogP contribution is -2.00. The van der Waals surface area contributed by atoms with Crippen LogP contribution in [0.15, 0.2) is 170 Å². The molecule has 7 aromatic carbocycles. The number of hydrogen-bond donors (Lipinski definition) is 0. The Balaban J connectivity index is 1.08. The first-order valence-electron chi connectivity index (χ1n) is 17.2. The minimum Gasteiger partial charge on any atom is -0.309 e. The van der Waals surface area contributed by atoms with Gasteiger partial charge in [-0.3, -0.25) is 4.57 Å². The number of hydrogen-bond acceptors (Lipinski definition) is 3. The first-order valence-corrected chi connectivity index (χ1v) is 18.0. The van der Waals surface area contributed by atoms with Crippen LogP contribution in [0.5, 0.6) is 0 Å². The number of benzene rings is 7. The van der Waals surface area contributed by atoms with Gasteiger partial charge in [0, 0.05) is 37.3 Å². The quantitative estimate of drug-likeness (QED) is 0.187. The van der Waals surface area contributed by atoms with Gasteiger partial charge in [-0.25, -0.2) is 9.97 Å². The van der Waals surface area contributed by atoms with Crippen LogP contribution in [-0.4, -0.2) is 19.1 Å². The van der Waals surface area contributed by atoms with Crippen LogP contribution >= 0.6 is 11.3 Å². The summed E-state index contributed by atoms with van der Waals surface area (Å²) in [7, 11) is 0. The van der Waals surface area contributed by atoms with Gasteiger partial charge in [0.1, 0.15) is 0 Å².